The highest BCUT2D eigenvalue weighted by Gasteiger charge is 2.30. The molecule has 0 aliphatic carbocycles. The Hall–Kier alpha value is -2.16. The summed E-state index contributed by atoms with van der Waals surface area (Å²) in [5, 5.41) is 0. The van der Waals surface area contributed by atoms with E-state index in [2.05, 4.69) is 33.8 Å². The van der Waals surface area contributed by atoms with Gasteiger partial charge in [0.2, 0.25) is 15.9 Å². The average molecular weight is 475 g/mol. The Labute approximate surface area is 195 Å². The maximum Gasteiger partial charge on any atom is 0.243 e. The number of hydrogen-bond donors (Lipinski definition) is 0. The summed E-state index contributed by atoms with van der Waals surface area (Å²) in [5.41, 5.74) is 5.33. The van der Waals surface area contributed by atoms with Gasteiger partial charge in [0.25, 0.3) is 0 Å². The van der Waals surface area contributed by atoms with E-state index in [0.717, 1.165) is 4.90 Å². The van der Waals surface area contributed by atoms with Crippen molar-refractivity contribution in [1.29, 1.82) is 0 Å². The molecule has 0 spiro atoms. The van der Waals surface area contributed by atoms with E-state index < -0.39 is 10.0 Å². The fourth-order valence-electron chi connectivity index (χ4n) is 3.81. The third-order valence-corrected chi connectivity index (χ3v) is 9.33. The number of ketones is 1. The summed E-state index contributed by atoms with van der Waals surface area (Å²) < 4.78 is 27.3. The molecule has 2 aromatic carbocycles. The number of sulfonamides is 1. The summed E-state index contributed by atoms with van der Waals surface area (Å²) in [7, 11) is -3.65. The van der Waals surface area contributed by atoms with Crippen LogP contribution in [0.1, 0.15) is 39.5 Å². The highest BCUT2D eigenvalue weighted by atomic mass is 32.2. The lowest BCUT2D eigenvalue weighted by Crippen LogP contribution is -2.50. The SMILES string of the molecule is CC(=O)c1ccc(S(=O)(=O)N2CCN(C(=O)CSc3c(C)c(C)cc(C)c3C)CC2)cc1. The van der Waals surface area contributed by atoms with Crippen LogP contribution in [-0.4, -0.2) is 61.2 Å². The predicted molar refractivity (Wildman–Crippen MR) is 128 cm³/mol. The zero-order valence-corrected chi connectivity index (χ0v) is 20.9. The van der Waals surface area contributed by atoms with Crippen molar-refractivity contribution in [2.75, 3.05) is 31.9 Å². The van der Waals surface area contributed by atoms with Crippen molar-refractivity contribution in [2.24, 2.45) is 0 Å². The fourth-order valence-corrected chi connectivity index (χ4v) is 6.44. The molecule has 2 aromatic rings. The number of Topliss-reactive ketones (excluding diaryl/α,β-unsaturated/α-hetero) is 1. The molecule has 1 saturated heterocycles. The van der Waals surface area contributed by atoms with Gasteiger partial charge in [-0.25, -0.2) is 8.42 Å². The first-order chi connectivity index (χ1) is 15.0. The molecule has 1 heterocycles. The van der Waals surface area contributed by atoms with Crippen LogP contribution in [0.5, 0.6) is 0 Å². The molecule has 1 amide bonds. The molecule has 0 unspecified atom stereocenters. The monoisotopic (exact) mass is 474 g/mol. The van der Waals surface area contributed by atoms with Gasteiger partial charge in [0, 0.05) is 36.6 Å². The summed E-state index contributed by atoms with van der Waals surface area (Å²) >= 11 is 1.56. The van der Waals surface area contributed by atoms with Gasteiger partial charge < -0.3 is 4.90 Å². The molecular formula is C24H30N2O4S2. The van der Waals surface area contributed by atoms with Crippen molar-refractivity contribution in [3.8, 4) is 0 Å². The Bertz CT molecular complexity index is 1110. The number of amides is 1. The molecule has 1 fully saturated rings. The average Bonchev–Trinajstić information content (AvgIpc) is 2.77. The number of thioether (sulfide) groups is 1. The molecule has 1 aliphatic rings. The van der Waals surface area contributed by atoms with Gasteiger partial charge in [0.1, 0.15) is 0 Å². The highest BCUT2D eigenvalue weighted by Crippen LogP contribution is 2.31. The molecule has 32 heavy (non-hydrogen) atoms. The van der Waals surface area contributed by atoms with Gasteiger partial charge in [-0.1, -0.05) is 18.2 Å². The zero-order chi connectivity index (χ0) is 23.6. The van der Waals surface area contributed by atoms with E-state index >= 15 is 0 Å². The lowest BCUT2D eigenvalue weighted by molar-refractivity contribution is -0.129. The van der Waals surface area contributed by atoms with Gasteiger partial charge >= 0.3 is 0 Å². The van der Waals surface area contributed by atoms with Gasteiger partial charge in [-0.05, 0) is 69.0 Å². The Morgan fingerprint density at radius 3 is 1.94 bits per heavy atom. The third kappa shape index (κ3) is 5.08. The second-order valence-electron chi connectivity index (χ2n) is 8.24. The number of benzene rings is 2. The lowest BCUT2D eigenvalue weighted by atomic mass is 10.0. The van der Waals surface area contributed by atoms with Crippen LogP contribution in [0.4, 0.5) is 0 Å². The minimum Gasteiger partial charge on any atom is -0.339 e. The summed E-state index contributed by atoms with van der Waals surface area (Å²) in [4.78, 5) is 27.3. The van der Waals surface area contributed by atoms with Gasteiger partial charge in [-0.3, -0.25) is 9.59 Å². The van der Waals surface area contributed by atoms with E-state index in [4.69, 9.17) is 0 Å². The fraction of sp³-hybridized carbons (Fsp3) is 0.417. The van der Waals surface area contributed by atoms with Crippen molar-refractivity contribution in [2.45, 2.75) is 44.4 Å². The van der Waals surface area contributed by atoms with Crippen LogP contribution >= 0.6 is 11.8 Å². The standard InChI is InChI=1S/C24H30N2O4S2/c1-16-14-17(2)19(4)24(18(16)3)31-15-23(28)25-10-12-26(13-11-25)32(29,30)22-8-6-21(7-9-22)20(5)27/h6-9,14H,10-13,15H2,1-5H3. The van der Waals surface area contributed by atoms with Crippen LogP contribution in [0.15, 0.2) is 40.1 Å². The summed E-state index contributed by atoms with van der Waals surface area (Å²) in [6.07, 6.45) is 0. The van der Waals surface area contributed by atoms with E-state index in [1.807, 2.05) is 0 Å². The summed E-state index contributed by atoms with van der Waals surface area (Å²) in [6, 6.07) is 8.17. The van der Waals surface area contributed by atoms with Crippen molar-refractivity contribution in [3.63, 3.8) is 0 Å². The normalized spacial score (nSPS) is 15.1. The molecule has 1 aliphatic heterocycles. The second kappa shape index (κ2) is 9.77. The molecule has 0 radical (unpaired) electrons. The Balaban J connectivity index is 1.61. The van der Waals surface area contributed by atoms with Crippen LogP contribution in [0.3, 0.4) is 0 Å². The first-order valence-electron chi connectivity index (χ1n) is 10.6. The van der Waals surface area contributed by atoms with Crippen LogP contribution in [-0.2, 0) is 14.8 Å². The lowest BCUT2D eigenvalue weighted by Gasteiger charge is -2.34. The van der Waals surface area contributed by atoms with Crippen molar-refractivity contribution < 1.29 is 18.0 Å². The number of rotatable bonds is 6. The predicted octanol–water partition coefficient (Wildman–Crippen LogP) is 3.75. The maximum atomic E-state index is 12.9. The minimum absolute atomic E-state index is 0.0239. The van der Waals surface area contributed by atoms with Crippen LogP contribution in [0.2, 0.25) is 0 Å². The number of aryl methyl sites for hydroxylation is 2. The molecule has 172 valence electrons. The number of nitrogens with zero attached hydrogens (tertiary/aromatic N) is 2. The molecular weight excluding hydrogens is 444 g/mol. The Kier molecular flexibility index (Phi) is 7.47. The third-order valence-electron chi connectivity index (χ3n) is 6.13. The molecule has 0 N–H and O–H groups in total. The number of carbonyl (C=O) groups is 2. The van der Waals surface area contributed by atoms with Crippen molar-refractivity contribution in [1.82, 2.24) is 9.21 Å². The number of hydrogen-bond acceptors (Lipinski definition) is 5. The smallest absolute Gasteiger partial charge is 0.243 e. The van der Waals surface area contributed by atoms with Gasteiger partial charge in [0.05, 0.1) is 10.6 Å². The minimum atomic E-state index is -3.65. The molecule has 0 atom stereocenters. The highest BCUT2D eigenvalue weighted by molar-refractivity contribution is 8.00. The van der Waals surface area contributed by atoms with Gasteiger partial charge in [-0.15, -0.1) is 11.8 Å². The zero-order valence-electron chi connectivity index (χ0n) is 19.3. The number of piperazine rings is 1. The van der Waals surface area contributed by atoms with Gasteiger partial charge in [0.15, 0.2) is 5.78 Å². The first kappa shape index (κ1) is 24.5. The van der Waals surface area contributed by atoms with Crippen molar-refractivity contribution in [3.05, 3.63) is 58.1 Å². The van der Waals surface area contributed by atoms with Gasteiger partial charge in [-0.2, -0.15) is 4.31 Å². The van der Waals surface area contributed by atoms with E-state index in [-0.39, 0.29) is 29.7 Å². The van der Waals surface area contributed by atoms with E-state index in [1.54, 1.807) is 16.7 Å². The topological polar surface area (TPSA) is 74.8 Å². The first-order valence-corrected chi connectivity index (χ1v) is 13.0. The molecule has 6 nitrogen and oxygen atoms in total. The largest absolute Gasteiger partial charge is 0.339 e. The quantitative estimate of drug-likeness (QED) is 0.471. The summed E-state index contributed by atoms with van der Waals surface area (Å²) in [5.74, 6) is 0.255. The van der Waals surface area contributed by atoms with Crippen LogP contribution in [0, 0.1) is 27.7 Å². The Morgan fingerprint density at radius 1 is 0.906 bits per heavy atom. The molecule has 0 bridgehead atoms. The second-order valence-corrected chi connectivity index (χ2v) is 11.2. The van der Waals surface area contributed by atoms with E-state index in [0.29, 0.717) is 24.4 Å². The molecule has 0 aromatic heterocycles. The maximum absolute atomic E-state index is 12.9. The van der Waals surface area contributed by atoms with Crippen LogP contribution in [0.25, 0.3) is 0 Å². The number of carbonyl (C=O) groups excluding carboxylic acids is 2. The van der Waals surface area contributed by atoms with E-state index in [1.165, 1.54) is 57.7 Å². The Morgan fingerprint density at radius 2 is 1.44 bits per heavy atom. The summed E-state index contributed by atoms with van der Waals surface area (Å²) in [6.45, 7) is 11.0. The molecule has 3 rings (SSSR count). The van der Waals surface area contributed by atoms with Crippen molar-refractivity contribution >= 4 is 33.5 Å². The van der Waals surface area contributed by atoms with Crippen LogP contribution < -0.4 is 0 Å². The van der Waals surface area contributed by atoms with E-state index in [9.17, 15) is 18.0 Å². The molecule has 8 heteroatoms. The molecule has 0 saturated carbocycles.